The van der Waals surface area contributed by atoms with Gasteiger partial charge in [-0.15, -0.1) is 0 Å². The summed E-state index contributed by atoms with van der Waals surface area (Å²) in [6.45, 7) is 13.3. The maximum Gasteiger partial charge on any atom is 0.339 e. The van der Waals surface area contributed by atoms with E-state index in [4.69, 9.17) is 5.11 Å². The summed E-state index contributed by atoms with van der Waals surface area (Å²) in [5.41, 5.74) is 18.2. The SMILES string of the molecule is Cc1cc(C)c(Cc2ccc(Cc3c(C)cc(C)c(Cc4ccc(Cc5ccc(C(=O)O)c(O)c5)cc4)c3C)cc2)c(C)c1. The number of hydrogen-bond donors (Lipinski definition) is 2. The van der Waals surface area contributed by atoms with Gasteiger partial charge < -0.3 is 10.2 Å². The molecule has 0 fully saturated rings. The molecule has 224 valence electrons. The highest BCUT2D eigenvalue weighted by molar-refractivity contribution is 5.90. The molecule has 3 nitrogen and oxygen atoms in total. The van der Waals surface area contributed by atoms with E-state index >= 15 is 0 Å². The first-order valence-electron chi connectivity index (χ1n) is 15.3. The first kappa shape index (κ1) is 30.8. The lowest BCUT2D eigenvalue weighted by molar-refractivity contribution is 0.0693. The van der Waals surface area contributed by atoms with Crippen LogP contribution in [0.25, 0.3) is 0 Å². The monoisotopic (exact) mass is 582 g/mol. The van der Waals surface area contributed by atoms with Crippen molar-refractivity contribution in [3.63, 3.8) is 0 Å². The molecule has 3 heteroatoms. The van der Waals surface area contributed by atoms with Crippen molar-refractivity contribution in [3.8, 4) is 5.75 Å². The van der Waals surface area contributed by atoms with Gasteiger partial charge in [-0.1, -0.05) is 78.4 Å². The van der Waals surface area contributed by atoms with E-state index in [-0.39, 0.29) is 11.3 Å². The van der Waals surface area contributed by atoms with Crippen LogP contribution in [0.1, 0.15) is 88.2 Å². The summed E-state index contributed by atoms with van der Waals surface area (Å²) in [5.74, 6) is -1.32. The molecule has 0 aromatic heterocycles. The van der Waals surface area contributed by atoms with Gasteiger partial charge in [0.2, 0.25) is 0 Å². The van der Waals surface area contributed by atoms with Crippen LogP contribution in [-0.2, 0) is 25.7 Å². The van der Waals surface area contributed by atoms with Gasteiger partial charge in [0.15, 0.2) is 0 Å². The predicted molar refractivity (Wildman–Crippen MR) is 180 cm³/mol. The van der Waals surface area contributed by atoms with Crippen LogP contribution in [-0.4, -0.2) is 16.2 Å². The summed E-state index contributed by atoms with van der Waals surface area (Å²) in [5, 5.41) is 19.2. The van der Waals surface area contributed by atoms with Crippen molar-refractivity contribution in [2.75, 3.05) is 0 Å². The number of aryl methyl sites for hydroxylation is 5. The number of rotatable bonds is 9. The third-order valence-corrected chi connectivity index (χ3v) is 9.02. The molecular formula is C41H42O3. The van der Waals surface area contributed by atoms with E-state index in [1.807, 2.05) is 0 Å². The first-order valence-corrected chi connectivity index (χ1v) is 15.3. The largest absolute Gasteiger partial charge is 0.507 e. The third-order valence-electron chi connectivity index (χ3n) is 9.02. The number of carbonyl (C=O) groups is 1. The standard InChI is InChI=1S/C41H42O3/c1-25-17-26(2)37(27(3)18-25)21-32-11-13-34(14-12-32)23-39-29(5)19-28(4)38(30(39)6)22-33-9-7-31(8-10-33)20-35-15-16-36(41(43)44)40(42)24-35/h7-19,24,42H,20-23H2,1-6H3,(H,43,44). The quantitative estimate of drug-likeness (QED) is 0.182. The summed E-state index contributed by atoms with van der Waals surface area (Å²) in [7, 11) is 0. The molecule has 0 aliphatic heterocycles. The fraction of sp³-hybridized carbons (Fsp3) is 0.244. The lowest BCUT2D eigenvalue weighted by Crippen LogP contribution is -2.04. The zero-order chi connectivity index (χ0) is 31.5. The van der Waals surface area contributed by atoms with Gasteiger partial charge >= 0.3 is 5.97 Å². The molecule has 2 N–H and O–H groups in total. The fourth-order valence-corrected chi connectivity index (χ4v) is 6.57. The number of carboxylic acid groups (broad SMARTS) is 1. The molecule has 0 aliphatic carbocycles. The van der Waals surface area contributed by atoms with Gasteiger partial charge in [-0.25, -0.2) is 4.79 Å². The van der Waals surface area contributed by atoms with Gasteiger partial charge in [-0.05, 0) is 152 Å². The first-order chi connectivity index (χ1) is 21.0. The number of benzene rings is 5. The summed E-state index contributed by atoms with van der Waals surface area (Å²) < 4.78 is 0. The van der Waals surface area contributed by atoms with Crippen molar-refractivity contribution in [2.45, 2.75) is 67.2 Å². The second kappa shape index (κ2) is 12.9. The maximum atomic E-state index is 11.2. The maximum absolute atomic E-state index is 11.2. The summed E-state index contributed by atoms with van der Waals surface area (Å²) in [6.07, 6.45) is 3.38. The zero-order valence-corrected chi connectivity index (χ0v) is 26.7. The van der Waals surface area contributed by atoms with E-state index in [9.17, 15) is 9.90 Å². The van der Waals surface area contributed by atoms with Gasteiger partial charge in [0.1, 0.15) is 11.3 Å². The number of aromatic carboxylic acids is 1. The Morgan fingerprint density at radius 3 is 1.32 bits per heavy atom. The minimum atomic E-state index is -1.12. The van der Waals surface area contributed by atoms with E-state index in [0.29, 0.717) is 6.42 Å². The van der Waals surface area contributed by atoms with Crippen molar-refractivity contribution < 1.29 is 15.0 Å². The molecule has 44 heavy (non-hydrogen) atoms. The van der Waals surface area contributed by atoms with E-state index in [0.717, 1.165) is 30.4 Å². The van der Waals surface area contributed by atoms with Gasteiger partial charge in [0, 0.05) is 0 Å². The van der Waals surface area contributed by atoms with Gasteiger partial charge in [-0.3, -0.25) is 0 Å². The molecule has 0 amide bonds. The Kier molecular flexibility index (Phi) is 9.06. The molecule has 0 bridgehead atoms. The highest BCUT2D eigenvalue weighted by atomic mass is 16.4. The second-order valence-electron chi connectivity index (χ2n) is 12.5. The Morgan fingerprint density at radius 2 is 0.886 bits per heavy atom. The van der Waals surface area contributed by atoms with Crippen molar-refractivity contribution in [2.24, 2.45) is 0 Å². The molecule has 5 rings (SSSR count). The Labute approximate surface area is 261 Å². The van der Waals surface area contributed by atoms with E-state index in [1.54, 1.807) is 6.07 Å². The zero-order valence-electron chi connectivity index (χ0n) is 26.7. The average Bonchev–Trinajstić information content (AvgIpc) is 2.96. The molecule has 0 aliphatic rings. The smallest absolute Gasteiger partial charge is 0.339 e. The van der Waals surface area contributed by atoms with E-state index < -0.39 is 5.97 Å². The van der Waals surface area contributed by atoms with Crippen LogP contribution in [0.5, 0.6) is 5.75 Å². The van der Waals surface area contributed by atoms with Crippen molar-refractivity contribution in [3.05, 3.63) is 168 Å². The fourth-order valence-electron chi connectivity index (χ4n) is 6.57. The minimum absolute atomic E-state index is 0.0763. The van der Waals surface area contributed by atoms with Crippen molar-refractivity contribution >= 4 is 5.97 Å². The number of aromatic hydroxyl groups is 1. The van der Waals surface area contributed by atoms with Gasteiger partial charge in [-0.2, -0.15) is 0 Å². The molecule has 0 atom stereocenters. The molecule has 0 heterocycles. The highest BCUT2D eigenvalue weighted by Gasteiger charge is 2.14. The topological polar surface area (TPSA) is 57.5 Å². The van der Waals surface area contributed by atoms with Crippen LogP contribution in [0, 0.1) is 41.5 Å². The Bertz CT molecular complexity index is 1800. The summed E-state index contributed by atoms with van der Waals surface area (Å²) >= 11 is 0. The van der Waals surface area contributed by atoms with Gasteiger partial charge in [0.25, 0.3) is 0 Å². The molecule has 0 saturated heterocycles. The van der Waals surface area contributed by atoms with Gasteiger partial charge in [0.05, 0.1) is 0 Å². The number of hydrogen-bond acceptors (Lipinski definition) is 2. The number of phenols is 1. The molecule has 0 saturated carbocycles. The van der Waals surface area contributed by atoms with Crippen LogP contribution < -0.4 is 0 Å². The van der Waals surface area contributed by atoms with E-state index in [2.05, 4.69) is 108 Å². The van der Waals surface area contributed by atoms with Crippen molar-refractivity contribution in [1.82, 2.24) is 0 Å². The molecule has 5 aromatic carbocycles. The lowest BCUT2D eigenvalue weighted by Gasteiger charge is -2.18. The highest BCUT2D eigenvalue weighted by Crippen LogP contribution is 2.28. The molecule has 0 radical (unpaired) electrons. The Balaban J connectivity index is 1.30. The normalized spacial score (nSPS) is 11.1. The Morgan fingerprint density at radius 1 is 0.500 bits per heavy atom. The van der Waals surface area contributed by atoms with Crippen molar-refractivity contribution in [1.29, 1.82) is 0 Å². The van der Waals surface area contributed by atoms with E-state index in [1.165, 1.54) is 78.9 Å². The lowest BCUT2D eigenvalue weighted by atomic mass is 9.87. The average molecular weight is 583 g/mol. The number of carboxylic acids is 1. The minimum Gasteiger partial charge on any atom is -0.507 e. The summed E-state index contributed by atoms with van der Waals surface area (Å²) in [6, 6.07) is 29.4. The Hall–Kier alpha value is -4.63. The molecule has 0 spiro atoms. The van der Waals surface area contributed by atoms with Crippen LogP contribution in [0.2, 0.25) is 0 Å². The van der Waals surface area contributed by atoms with Crippen LogP contribution in [0.4, 0.5) is 0 Å². The van der Waals surface area contributed by atoms with Crippen LogP contribution >= 0.6 is 0 Å². The van der Waals surface area contributed by atoms with Crippen LogP contribution in [0.15, 0.2) is 84.9 Å². The third kappa shape index (κ3) is 6.94. The second-order valence-corrected chi connectivity index (χ2v) is 12.5. The van der Waals surface area contributed by atoms with Crippen LogP contribution in [0.3, 0.4) is 0 Å². The molecule has 5 aromatic rings. The predicted octanol–water partition coefficient (Wildman–Crippen LogP) is 9.30. The molecular weight excluding hydrogens is 540 g/mol. The molecule has 0 unspecified atom stereocenters. The summed E-state index contributed by atoms with van der Waals surface area (Å²) in [4.78, 5) is 11.2.